The summed E-state index contributed by atoms with van der Waals surface area (Å²) in [6.45, 7) is 5.34. The lowest BCUT2D eigenvalue weighted by molar-refractivity contribution is -0.155. The van der Waals surface area contributed by atoms with Crippen LogP contribution in [-0.2, 0) is 9.53 Å². The van der Waals surface area contributed by atoms with Crippen molar-refractivity contribution in [1.82, 2.24) is 0 Å². The molecule has 144 valence electrons. The van der Waals surface area contributed by atoms with E-state index in [0.29, 0.717) is 23.3 Å². The summed E-state index contributed by atoms with van der Waals surface area (Å²) in [6.07, 6.45) is 9.19. The third kappa shape index (κ3) is 5.47. The Balaban J connectivity index is 2.25. The van der Waals surface area contributed by atoms with Gasteiger partial charge in [0.1, 0.15) is 11.9 Å². The summed E-state index contributed by atoms with van der Waals surface area (Å²) in [5, 5.41) is 0. The highest BCUT2D eigenvalue weighted by atomic mass is 16.5. The van der Waals surface area contributed by atoms with Crippen LogP contribution in [0.2, 0.25) is 0 Å². The zero-order chi connectivity index (χ0) is 19.7. The number of hydrogen-bond donors (Lipinski definition) is 0. The lowest BCUT2D eigenvalue weighted by Crippen LogP contribution is -2.39. The van der Waals surface area contributed by atoms with Crippen molar-refractivity contribution in [3.05, 3.63) is 42.0 Å². The van der Waals surface area contributed by atoms with Crippen molar-refractivity contribution in [2.45, 2.75) is 58.0 Å². The van der Waals surface area contributed by atoms with E-state index in [0.717, 1.165) is 38.4 Å². The van der Waals surface area contributed by atoms with Gasteiger partial charge in [-0.05, 0) is 37.5 Å². The second kappa shape index (κ2) is 9.97. The van der Waals surface area contributed by atoms with E-state index in [1.165, 1.54) is 13.3 Å². The molecule has 0 heterocycles. The molecule has 4 heteroatoms. The SMILES string of the molecule is C=CCC1(C(CC#Cc2ccc(OC)cc2C=O)OC(C)=O)CCCCC1. The molecule has 4 nitrogen and oxygen atoms in total. The molecular formula is C23H28O4. The molecule has 0 amide bonds. The first kappa shape index (κ1) is 20.8. The van der Waals surface area contributed by atoms with Crippen molar-refractivity contribution in [3.63, 3.8) is 0 Å². The number of ether oxygens (including phenoxy) is 2. The highest BCUT2D eigenvalue weighted by Gasteiger charge is 2.40. The molecule has 1 atom stereocenters. The largest absolute Gasteiger partial charge is 0.497 e. The fourth-order valence-electron chi connectivity index (χ4n) is 3.90. The Labute approximate surface area is 161 Å². The molecule has 0 saturated heterocycles. The van der Waals surface area contributed by atoms with Crippen molar-refractivity contribution in [3.8, 4) is 17.6 Å². The van der Waals surface area contributed by atoms with Crippen LogP contribution in [0.1, 0.15) is 67.8 Å². The molecule has 1 aromatic rings. The quantitative estimate of drug-likeness (QED) is 0.303. The lowest BCUT2D eigenvalue weighted by atomic mass is 9.67. The van der Waals surface area contributed by atoms with Gasteiger partial charge >= 0.3 is 5.97 Å². The fourth-order valence-corrected chi connectivity index (χ4v) is 3.90. The molecule has 1 aromatic carbocycles. The van der Waals surface area contributed by atoms with E-state index in [2.05, 4.69) is 18.4 Å². The molecule has 1 saturated carbocycles. The van der Waals surface area contributed by atoms with Gasteiger partial charge in [0.2, 0.25) is 0 Å². The average molecular weight is 368 g/mol. The van der Waals surface area contributed by atoms with Crippen LogP contribution < -0.4 is 4.74 Å². The standard InChI is InChI=1S/C23H28O4/c1-4-13-23(14-6-5-7-15-23)22(27-18(2)25)10-8-9-19-11-12-21(26-3)16-20(19)17-24/h4,11-12,16-17,22H,1,5-7,10,13-15H2,2-3H3. The molecule has 0 spiro atoms. The van der Waals surface area contributed by atoms with Gasteiger partial charge in [0, 0.05) is 29.9 Å². The van der Waals surface area contributed by atoms with E-state index in [1.807, 2.05) is 6.08 Å². The average Bonchev–Trinajstić information content (AvgIpc) is 2.68. The number of aldehydes is 1. The Morgan fingerprint density at radius 3 is 2.67 bits per heavy atom. The maximum atomic E-state index is 11.7. The van der Waals surface area contributed by atoms with Crippen molar-refractivity contribution >= 4 is 12.3 Å². The normalized spacial score (nSPS) is 16.4. The van der Waals surface area contributed by atoms with Crippen LogP contribution in [0.15, 0.2) is 30.9 Å². The third-order valence-corrected chi connectivity index (χ3v) is 5.29. The fraction of sp³-hybridized carbons (Fsp3) is 0.478. The van der Waals surface area contributed by atoms with Crippen LogP contribution in [0.3, 0.4) is 0 Å². The number of esters is 1. The Morgan fingerprint density at radius 2 is 2.07 bits per heavy atom. The molecule has 1 unspecified atom stereocenters. The molecule has 0 aromatic heterocycles. The van der Waals surface area contributed by atoms with Gasteiger partial charge in [-0.25, -0.2) is 0 Å². The van der Waals surface area contributed by atoms with Crippen LogP contribution >= 0.6 is 0 Å². The van der Waals surface area contributed by atoms with Crippen LogP contribution in [0.4, 0.5) is 0 Å². The second-order valence-corrected chi connectivity index (χ2v) is 7.09. The van der Waals surface area contributed by atoms with Crippen molar-refractivity contribution in [1.29, 1.82) is 0 Å². The molecule has 1 aliphatic rings. The Hall–Kier alpha value is -2.54. The van der Waals surface area contributed by atoms with Gasteiger partial charge in [0.25, 0.3) is 0 Å². The minimum Gasteiger partial charge on any atom is -0.497 e. The third-order valence-electron chi connectivity index (χ3n) is 5.29. The zero-order valence-electron chi connectivity index (χ0n) is 16.3. The van der Waals surface area contributed by atoms with Gasteiger partial charge in [-0.2, -0.15) is 0 Å². The van der Waals surface area contributed by atoms with Gasteiger partial charge in [0.05, 0.1) is 7.11 Å². The molecule has 0 N–H and O–H groups in total. The predicted octanol–water partition coefficient (Wildman–Crippen LogP) is 4.71. The van der Waals surface area contributed by atoms with Crippen LogP contribution in [-0.4, -0.2) is 25.5 Å². The lowest BCUT2D eigenvalue weighted by Gasteiger charge is -2.41. The van der Waals surface area contributed by atoms with E-state index >= 15 is 0 Å². The molecule has 0 aliphatic heterocycles. The molecule has 1 fully saturated rings. The van der Waals surface area contributed by atoms with Crippen LogP contribution in [0, 0.1) is 17.3 Å². The summed E-state index contributed by atoms with van der Waals surface area (Å²) in [7, 11) is 1.56. The van der Waals surface area contributed by atoms with E-state index in [-0.39, 0.29) is 17.5 Å². The van der Waals surface area contributed by atoms with Gasteiger partial charge in [-0.3, -0.25) is 9.59 Å². The molecule has 1 aliphatic carbocycles. The number of hydrogen-bond acceptors (Lipinski definition) is 4. The number of methoxy groups -OCH3 is 1. The van der Waals surface area contributed by atoms with Gasteiger partial charge < -0.3 is 9.47 Å². The van der Waals surface area contributed by atoms with Crippen LogP contribution in [0.5, 0.6) is 5.75 Å². The zero-order valence-corrected chi connectivity index (χ0v) is 16.3. The van der Waals surface area contributed by atoms with E-state index in [1.54, 1.807) is 25.3 Å². The van der Waals surface area contributed by atoms with E-state index in [4.69, 9.17) is 9.47 Å². The van der Waals surface area contributed by atoms with E-state index < -0.39 is 0 Å². The molecule has 2 rings (SSSR count). The Bertz CT molecular complexity index is 732. The topological polar surface area (TPSA) is 52.6 Å². The Kier molecular flexibility index (Phi) is 7.67. The molecule has 0 bridgehead atoms. The number of benzene rings is 1. The second-order valence-electron chi connectivity index (χ2n) is 7.09. The first-order valence-electron chi connectivity index (χ1n) is 9.45. The number of rotatable bonds is 7. The molecule has 0 radical (unpaired) electrons. The minimum absolute atomic E-state index is 0.0895. The van der Waals surface area contributed by atoms with Crippen molar-refractivity contribution in [2.24, 2.45) is 5.41 Å². The monoisotopic (exact) mass is 368 g/mol. The molecular weight excluding hydrogens is 340 g/mol. The predicted molar refractivity (Wildman–Crippen MR) is 106 cm³/mol. The maximum Gasteiger partial charge on any atom is 0.302 e. The van der Waals surface area contributed by atoms with Gasteiger partial charge in [0.15, 0.2) is 6.29 Å². The highest BCUT2D eigenvalue weighted by molar-refractivity contribution is 5.80. The molecule has 27 heavy (non-hydrogen) atoms. The highest BCUT2D eigenvalue weighted by Crippen LogP contribution is 2.44. The first-order chi connectivity index (χ1) is 13.0. The van der Waals surface area contributed by atoms with Crippen molar-refractivity contribution < 1.29 is 19.1 Å². The Morgan fingerprint density at radius 1 is 1.33 bits per heavy atom. The van der Waals surface area contributed by atoms with Gasteiger partial charge in [-0.1, -0.05) is 37.2 Å². The van der Waals surface area contributed by atoms with Crippen molar-refractivity contribution in [2.75, 3.05) is 7.11 Å². The summed E-state index contributed by atoms with van der Waals surface area (Å²) >= 11 is 0. The summed E-state index contributed by atoms with van der Waals surface area (Å²) in [5.41, 5.74) is 1.05. The smallest absolute Gasteiger partial charge is 0.302 e. The van der Waals surface area contributed by atoms with E-state index in [9.17, 15) is 9.59 Å². The minimum atomic E-state index is -0.283. The first-order valence-corrected chi connectivity index (χ1v) is 9.45. The van der Waals surface area contributed by atoms with Gasteiger partial charge in [-0.15, -0.1) is 6.58 Å². The number of carbonyl (C=O) groups excluding carboxylic acids is 2. The maximum absolute atomic E-state index is 11.7. The summed E-state index contributed by atoms with van der Waals surface area (Å²) in [4.78, 5) is 23.0. The number of allylic oxidation sites excluding steroid dienone is 1. The summed E-state index contributed by atoms with van der Waals surface area (Å²) < 4.78 is 10.8. The van der Waals surface area contributed by atoms with Crippen LogP contribution in [0.25, 0.3) is 0 Å². The number of carbonyl (C=O) groups is 2. The summed E-state index contributed by atoms with van der Waals surface area (Å²) in [5.74, 6) is 6.54. The summed E-state index contributed by atoms with van der Waals surface area (Å²) in [6, 6.07) is 5.22.